The maximum Gasteiger partial charge on any atom is 0.124 e. The van der Waals surface area contributed by atoms with Gasteiger partial charge in [0, 0.05) is 18.1 Å². The molecule has 2 saturated carbocycles. The number of benzene rings is 1. The van der Waals surface area contributed by atoms with Crippen LogP contribution in [0.4, 0.5) is 10.1 Å². The van der Waals surface area contributed by atoms with Gasteiger partial charge in [0.15, 0.2) is 0 Å². The zero-order valence-electron chi connectivity index (χ0n) is 11.1. The summed E-state index contributed by atoms with van der Waals surface area (Å²) < 4.78 is 18.9. The molecule has 0 aromatic heterocycles. The number of rotatable bonds is 4. The van der Waals surface area contributed by atoms with Gasteiger partial charge in [-0.15, -0.1) is 0 Å². The number of anilines is 1. The number of nitrogens with one attached hydrogen (secondary N) is 1. The Labute approximate surface area is 118 Å². The molecule has 1 aromatic carbocycles. The number of hydrogen-bond donors (Lipinski definition) is 1. The molecule has 0 bridgehead atoms. The molecule has 4 heteroatoms. The molecule has 19 heavy (non-hydrogen) atoms. The molecule has 2 atom stereocenters. The molecule has 1 aromatic rings. The predicted octanol–water partition coefficient (Wildman–Crippen LogP) is 4.24. The summed E-state index contributed by atoms with van der Waals surface area (Å²) in [5, 5.41) is 3.93. The average Bonchev–Trinajstić information content (AvgIpc) is 2.28. The Hall–Kier alpha value is -0.800. The smallest absolute Gasteiger partial charge is 0.124 e. The molecule has 2 aliphatic carbocycles. The molecule has 0 amide bonds. The first kappa shape index (κ1) is 13.2. The molecule has 0 saturated heterocycles. The van der Waals surface area contributed by atoms with E-state index in [9.17, 15) is 4.39 Å². The van der Waals surface area contributed by atoms with Crippen molar-refractivity contribution in [3.05, 3.63) is 29.0 Å². The highest BCUT2D eigenvalue weighted by Crippen LogP contribution is 2.58. The van der Waals surface area contributed by atoms with E-state index >= 15 is 0 Å². The largest absolute Gasteiger partial charge is 0.380 e. The molecule has 0 aliphatic heterocycles. The lowest BCUT2D eigenvalue weighted by Crippen LogP contribution is -2.64. The summed E-state index contributed by atoms with van der Waals surface area (Å²) in [6.45, 7) is 2.82. The molecule has 0 heterocycles. The Morgan fingerprint density at radius 3 is 2.84 bits per heavy atom. The van der Waals surface area contributed by atoms with Crippen molar-refractivity contribution in [1.82, 2.24) is 0 Å². The van der Waals surface area contributed by atoms with Gasteiger partial charge in [-0.3, -0.25) is 0 Å². The molecule has 2 unspecified atom stereocenters. The van der Waals surface area contributed by atoms with E-state index in [0.29, 0.717) is 17.2 Å². The SMILES string of the molecule is CCOC1CC(Nc2ccc(F)cc2Cl)C12CCC2. The molecule has 2 aliphatic rings. The quantitative estimate of drug-likeness (QED) is 0.892. The van der Waals surface area contributed by atoms with Crippen LogP contribution >= 0.6 is 11.6 Å². The zero-order valence-corrected chi connectivity index (χ0v) is 11.8. The first-order valence-electron chi connectivity index (χ1n) is 6.99. The summed E-state index contributed by atoms with van der Waals surface area (Å²) in [6.07, 6.45) is 5.10. The summed E-state index contributed by atoms with van der Waals surface area (Å²) in [4.78, 5) is 0. The van der Waals surface area contributed by atoms with Gasteiger partial charge in [-0.05, 0) is 44.4 Å². The molecular formula is C15H19ClFNO. The van der Waals surface area contributed by atoms with Crippen LogP contribution in [0.3, 0.4) is 0 Å². The van der Waals surface area contributed by atoms with Crippen LogP contribution in [0.2, 0.25) is 5.02 Å². The van der Waals surface area contributed by atoms with E-state index in [0.717, 1.165) is 18.7 Å². The van der Waals surface area contributed by atoms with Crippen LogP contribution in [0, 0.1) is 11.2 Å². The fraction of sp³-hybridized carbons (Fsp3) is 0.600. The van der Waals surface area contributed by atoms with Crippen molar-refractivity contribution in [2.24, 2.45) is 5.41 Å². The monoisotopic (exact) mass is 283 g/mol. The van der Waals surface area contributed by atoms with E-state index in [1.807, 2.05) is 6.92 Å². The van der Waals surface area contributed by atoms with Crippen molar-refractivity contribution in [1.29, 1.82) is 0 Å². The average molecular weight is 284 g/mol. The summed E-state index contributed by atoms with van der Waals surface area (Å²) in [5.41, 5.74) is 1.11. The molecule has 1 N–H and O–H groups in total. The molecule has 2 nitrogen and oxygen atoms in total. The zero-order chi connectivity index (χ0) is 13.5. The van der Waals surface area contributed by atoms with Crippen molar-refractivity contribution in [2.75, 3.05) is 11.9 Å². The van der Waals surface area contributed by atoms with Crippen LogP contribution in [0.15, 0.2) is 18.2 Å². The number of halogens is 2. The lowest BCUT2D eigenvalue weighted by atomic mass is 9.51. The van der Waals surface area contributed by atoms with Crippen molar-refractivity contribution >= 4 is 17.3 Å². The van der Waals surface area contributed by atoms with E-state index in [1.165, 1.54) is 31.4 Å². The predicted molar refractivity (Wildman–Crippen MR) is 75.1 cm³/mol. The van der Waals surface area contributed by atoms with Crippen LogP contribution < -0.4 is 5.32 Å². The third-order valence-corrected chi connectivity index (χ3v) is 5.01. The lowest BCUT2D eigenvalue weighted by molar-refractivity contribution is -0.157. The van der Waals surface area contributed by atoms with Crippen LogP contribution in [0.1, 0.15) is 32.6 Å². The maximum atomic E-state index is 13.0. The highest BCUT2D eigenvalue weighted by Gasteiger charge is 2.58. The molecular weight excluding hydrogens is 265 g/mol. The van der Waals surface area contributed by atoms with E-state index in [4.69, 9.17) is 16.3 Å². The van der Waals surface area contributed by atoms with Crippen LogP contribution in [0.5, 0.6) is 0 Å². The van der Waals surface area contributed by atoms with Gasteiger partial charge in [0.2, 0.25) is 0 Å². The number of hydrogen-bond acceptors (Lipinski definition) is 2. The van der Waals surface area contributed by atoms with Gasteiger partial charge in [-0.25, -0.2) is 4.39 Å². The molecule has 2 fully saturated rings. The third kappa shape index (κ3) is 2.13. The Bertz CT molecular complexity index is 475. The lowest BCUT2D eigenvalue weighted by Gasteiger charge is -2.61. The van der Waals surface area contributed by atoms with Crippen molar-refractivity contribution < 1.29 is 9.13 Å². The van der Waals surface area contributed by atoms with Gasteiger partial charge < -0.3 is 10.1 Å². The second-order valence-corrected chi connectivity index (χ2v) is 5.99. The molecule has 1 spiro atoms. The van der Waals surface area contributed by atoms with Gasteiger partial charge in [0.05, 0.1) is 16.8 Å². The van der Waals surface area contributed by atoms with Crippen molar-refractivity contribution in [3.8, 4) is 0 Å². The van der Waals surface area contributed by atoms with Crippen molar-refractivity contribution in [2.45, 2.75) is 44.8 Å². The summed E-state index contributed by atoms with van der Waals surface area (Å²) in [6, 6.07) is 4.93. The molecule has 104 valence electrons. The van der Waals surface area contributed by atoms with Crippen LogP contribution in [-0.4, -0.2) is 18.8 Å². The Kier molecular flexibility index (Phi) is 3.44. The minimum atomic E-state index is -0.297. The van der Waals surface area contributed by atoms with Gasteiger partial charge in [0.1, 0.15) is 5.82 Å². The van der Waals surface area contributed by atoms with Gasteiger partial charge in [-0.1, -0.05) is 18.0 Å². The topological polar surface area (TPSA) is 21.3 Å². The molecule has 3 rings (SSSR count). The van der Waals surface area contributed by atoms with E-state index in [-0.39, 0.29) is 11.2 Å². The first-order valence-corrected chi connectivity index (χ1v) is 7.37. The second kappa shape index (κ2) is 4.95. The highest BCUT2D eigenvalue weighted by atomic mass is 35.5. The van der Waals surface area contributed by atoms with Crippen molar-refractivity contribution in [3.63, 3.8) is 0 Å². The fourth-order valence-electron chi connectivity index (χ4n) is 3.43. The maximum absolute atomic E-state index is 13.0. The Morgan fingerprint density at radius 2 is 2.26 bits per heavy atom. The Balaban J connectivity index is 1.71. The van der Waals surface area contributed by atoms with E-state index < -0.39 is 0 Å². The summed E-state index contributed by atoms with van der Waals surface area (Å²) in [7, 11) is 0. The standard InChI is InChI=1S/C15H19ClFNO/c1-2-19-14-9-13(15(14)6-3-7-15)18-12-5-4-10(17)8-11(12)16/h4-5,8,13-14,18H,2-3,6-7,9H2,1H3. The fourth-order valence-corrected chi connectivity index (χ4v) is 3.66. The normalized spacial score (nSPS) is 27.7. The molecule has 0 radical (unpaired) electrons. The Morgan fingerprint density at radius 1 is 1.47 bits per heavy atom. The third-order valence-electron chi connectivity index (χ3n) is 4.70. The summed E-state index contributed by atoms with van der Waals surface area (Å²) in [5.74, 6) is -0.297. The van der Waals surface area contributed by atoms with Crippen LogP contribution in [-0.2, 0) is 4.74 Å². The first-order chi connectivity index (χ1) is 9.15. The van der Waals surface area contributed by atoms with Gasteiger partial charge >= 0.3 is 0 Å². The summed E-state index contributed by atoms with van der Waals surface area (Å²) >= 11 is 6.07. The van der Waals surface area contributed by atoms with E-state index in [1.54, 1.807) is 6.07 Å². The number of ether oxygens (including phenoxy) is 1. The minimum Gasteiger partial charge on any atom is -0.380 e. The second-order valence-electron chi connectivity index (χ2n) is 5.59. The van der Waals surface area contributed by atoms with Crippen LogP contribution in [0.25, 0.3) is 0 Å². The highest BCUT2D eigenvalue weighted by molar-refractivity contribution is 6.33. The van der Waals surface area contributed by atoms with Gasteiger partial charge in [0.25, 0.3) is 0 Å². The minimum absolute atomic E-state index is 0.285. The van der Waals surface area contributed by atoms with E-state index in [2.05, 4.69) is 5.32 Å². The van der Waals surface area contributed by atoms with Gasteiger partial charge in [-0.2, -0.15) is 0 Å².